The van der Waals surface area contributed by atoms with E-state index in [0.717, 1.165) is 17.2 Å². The Morgan fingerprint density at radius 3 is 2.52 bits per heavy atom. The lowest BCUT2D eigenvalue weighted by molar-refractivity contribution is -0.148. The molecular weight excluding hydrogens is 522 g/mol. The van der Waals surface area contributed by atoms with Gasteiger partial charge in [0.25, 0.3) is 0 Å². The molecule has 2 bridgehead atoms. The standard InChI is InChI=1S/C32H29F4NO3/c1-5-39-28(38)31-26-19-11-25(37-14-23(19)30(31,4)27(26)31)40-15-16-10-18-20(13-29(2,3)22(18)12-24(16)33)17-8-6-7-9-21(17)32(34,35)36/h6-12,14,20,26-27H,5,13,15H2,1-4H3/t20?,26?,27-,30?,31+/m1/s1. The Balaban J connectivity index is 1.17. The molecule has 0 N–H and O–H groups in total. The van der Waals surface area contributed by atoms with Gasteiger partial charge in [-0.2, -0.15) is 13.2 Å². The summed E-state index contributed by atoms with van der Waals surface area (Å²) in [5, 5.41) is 0. The minimum absolute atomic E-state index is 0.102. The van der Waals surface area contributed by atoms with Crippen LogP contribution >= 0.6 is 0 Å². The molecule has 2 aromatic carbocycles. The van der Waals surface area contributed by atoms with E-state index in [1.54, 1.807) is 25.3 Å². The minimum Gasteiger partial charge on any atom is -0.473 e. The average molecular weight is 552 g/mol. The Morgan fingerprint density at radius 1 is 1.05 bits per heavy atom. The van der Waals surface area contributed by atoms with E-state index in [4.69, 9.17) is 9.47 Å². The smallest absolute Gasteiger partial charge is 0.416 e. The van der Waals surface area contributed by atoms with Crippen LogP contribution in [0.4, 0.5) is 17.6 Å². The number of carbonyl (C=O) groups is 1. The second kappa shape index (κ2) is 7.86. The fraction of sp³-hybridized carbons (Fsp3) is 0.438. The summed E-state index contributed by atoms with van der Waals surface area (Å²) in [7, 11) is 0. The average Bonchev–Trinajstić information content (AvgIpc) is 3.66. The Bertz CT molecular complexity index is 1600. The highest BCUT2D eigenvalue weighted by Crippen LogP contribution is 2.99. The number of halogens is 4. The fourth-order valence-electron chi connectivity index (χ4n) is 8.22. The van der Waals surface area contributed by atoms with E-state index in [-0.39, 0.29) is 41.0 Å². The summed E-state index contributed by atoms with van der Waals surface area (Å²) in [4.78, 5) is 17.1. The summed E-state index contributed by atoms with van der Waals surface area (Å²) in [6, 6.07) is 10.6. The Labute approximate surface area is 229 Å². The number of hydrogen-bond donors (Lipinski definition) is 0. The largest absolute Gasteiger partial charge is 0.473 e. The van der Waals surface area contributed by atoms with Gasteiger partial charge in [0.15, 0.2) is 0 Å². The van der Waals surface area contributed by atoms with Crippen LogP contribution in [0, 0.1) is 17.2 Å². The van der Waals surface area contributed by atoms with E-state index in [1.165, 1.54) is 18.2 Å². The van der Waals surface area contributed by atoms with Crippen LogP contribution in [0.5, 0.6) is 5.88 Å². The highest BCUT2D eigenvalue weighted by molar-refractivity contribution is 5.97. The van der Waals surface area contributed by atoms with Crippen molar-refractivity contribution in [3.63, 3.8) is 0 Å². The highest BCUT2D eigenvalue weighted by Gasteiger charge is 3.02. The van der Waals surface area contributed by atoms with Gasteiger partial charge in [0, 0.05) is 35.1 Å². The van der Waals surface area contributed by atoms with Crippen LogP contribution in [0.25, 0.3) is 0 Å². The Morgan fingerprint density at radius 2 is 1.80 bits per heavy atom. The molecule has 40 heavy (non-hydrogen) atoms. The molecule has 0 spiro atoms. The van der Waals surface area contributed by atoms with E-state index in [0.29, 0.717) is 30.0 Å². The zero-order valence-electron chi connectivity index (χ0n) is 22.7. The maximum absolute atomic E-state index is 15.3. The maximum atomic E-state index is 15.3. The molecule has 4 nitrogen and oxygen atoms in total. The molecule has 2 fully saturated rings. The first-order valence-electron chi connectivity index (χ1n) is 13.7. The predicted octanol–water partition coefficient (Wildman–Crippen LogP) is 7.18. The van der Waals surface area contributed by atoms with Gasteiger partial charge in [-0.3, -0.25) is 4.79 Å². The summed E-state index contributed by atoms with van der Waals surface area (Å²) in [5.41, 5.74) is 2.06. The zero-order chi connectivity index (χ0) is 28.4. The molecule has 8 rings (SSSR count). The highest BCUT2D eigenvalue weighted by atomic mass is 19.4. The number of benzene rings is 2. The minimum atomic E-state index is -4.49. The molecule has 1 heterocycles. The molecule has 0 radical (unpaired) electrons. The number of alkyl halides is 3. The number of esters is 1. The second-order valence-electron chi connectivity index (χ2n) is 12.4. The molecule has 208 valence electrons. The fourth-order valence-corrected chi connectivity index (χ4v) is 8.22. The number of ether oxygens (including phenoxy) is 2. The third-order valence-corrected chi connectivity index (χ3v) is 10.1. The van der Waals surface area contributed by atoms with Crippen LogP contribution in [-0.4, -0.2) is 17.6 Å². The van der Waals surface area contributed by atoms with Crippen molar-refractivity contribution >= 4 is 5.97 Å². The molecule has 0 saturated heterocycles. The molecule has 0 aliphatic heterocycles. The van der Waals surface area contributed by atoms with Crippen LogP contribution in [0.3, 0.4) is 0 Å². The third-order valence-electron chi connectivity index (χ3n) is 10.1. The van der Waals surface area contributed by atoms with Crippen molar-refractivity contribution in [2.75, 3.05) is 6.61 Å². The number of rotatable bonds is 6. The van der Waals surface area contributed by atoms with Gasteiger partial charge >= 0.3 is 12.1 Å². The van der Waals surface area contributed by atoms with Gasteiger partial charge in [-0.15, -0.1) is 0 Å². The predicted molar refractivity (Wildman–Crippen MR) is 139 cm³/mol. The van der Waals surface area contributed by atoms with Gasteiger partial charge in [-0.25, -0.2) is 9.37 Å². The molecule has 5 atom stereocenters. The van der Waals surface area contributed by atoms with E-state index >= 15 is 4.39 Å². The van der Waals surface area contributed by atoms with Crippen molar-refractivity contribution in [2.24, 2.45) is 11.3 Å². The van der Waals surface area contributed by atoms with E-state index in [1.807, 2.05) is 19.9 Å². The number of nitrogens with zero attached hydrogens (tertiary/aromatic N) is 1. The number of hydrogen-bond acceptors (Lipinski definition) is 4. The summed E-state index contributed by atoms with van der Waals surface area (Å²) in [6.07, 6.45) is -2.30. The first-order valence-corrected chi connectivity index (χ1v) is 13.7. The SMILES string of the molecule is CCOC(=O)[C@@]12C3c4cc(OCc5cc6c(cc5F)C(C)(C)CC6c5ccccc5C(F)(F)F)ncc4C1(C)[C@@H]32. The van der Waals surface area contributed by atoms with Gasteiger partial charge in [-0.1, -0.05) is 39.0 Å². The van der Waals surface area contributed by atoms with Crippen molar-refractivity contribution < 1.29 is 31.8 Å². The molecule has 5 aliphatic rings. The van der Waals surface area contributed by atoms with Gasteiger partial charge in [-0.05, 0) is 70.7 Å². The Kier molecular flexibility index (Phi) is 5.02. The first kappa shape index (κ1) is 25.5. The topological polar surface area (TPSA) is 48.4 Å². The zero-order valence-corrected chi connectivity index (χ0v) is 22.7. The van der Waals surface area contributed by atoms with Crippen LogP contribution in [-0.2, 0) is 33.1 Å². The van der Waals surface area contributed by atoms with Gasteiger partial charge in [0.05, 0.1) is 17.6 Å². The van der Waals surface area contributed by atoms with Crippen LogP contribution in [0.1, 0.15) is 84.9 Å². The van der Waals surface area contributed by atoms with Crippen molar-refractivity contribution in [2.45, 2.75) is 69.6 Å². The molecular formula is C32H29F4NO3. The monoisotopic (exact) mass is 551 g/mol. The van der Waals surface area contributed by atoms with E-state index in [2.05, 4.69) is 11.9 Å². The summed E-state index contributed by atoms with van der Waals surface area (Å²) >= 11 is 0. The summed E-state index contributed by atoms with van der Waals surface area (Å²) in [5.74, 6) is -0.470. The maximum Gasteiger partial charge on any atom is 0.416 e. The van der Waals surface area contributed by atoms with E-state index < -0.39 is 34.3 Å². The third kappa shape index (κ3) is 3.08. The molecule has 3 unspecified atom stereocenters. The van der Waals surface area contributed by atoms with Crippen molar-refractivity contribution in [1.29, 1.82) is 0 Å². The quantitative estimate of drug-likeness (QED) is 0.241. The summed E-state index contributed by atoms with van der Waals surface area (Å²) < 4.78 is 68.2. The molecule has 2 saturated carbocycles. The van der Waals surface area contributed by atoms with E-state index in [9.17, 15) is 18.0 Å². The van der Waals surface area contributed by atoms with Gasteiger partial charge in [0.2, 0.25) is 5.88 Å². The van der Waals surface area contributed by atoms with Gasteiger partial charge < -0.3 is 9.47 Å². The lowest BCUT2D eigenvalue weighted by atomic mass is 9.84. The normalized spacial score (nSPS) is 29.9. The van der Waals surface area contributed by atoms with Crippen LogP contribution in [0.2, 0.25) is 0 Å². The van der Waals surface area contributed by atoms with Crippen molar-refractivity contribution in [3.8, 4) is 5.88 Å². The number of carbonyl (C=O) groups excluding carboxylic acids is 1. The molecule has 3 aromatic rings. The molecule has 0 amide bonds. The van der Waals surface area contributed by atoms with Crippen LogP contribution in [0.15, 0.2) is 48.7 Å². The lowest BCUT2D eigenvalue weighted by Crippen LogP contribution is -2.24. The number of fused-ring (bicyclic) bond motifs is 1. The molecule has 8 heteroatoms. The van der Waals surface area contributed by atoms with Gasteiger partial charge in [0.1, 0.15) is 12.4 Å². The molecule has 1 aromatic heterocycles. The molecule has 5 aliphatic carbocycles. The van der Waals surface area contributed by atoms with Crippen molar-refractivity contribution in [1.82, 2.24) is 4.98 Å². The lowest BCUT2D eigenvalue weighted by Gasteiger charge is -2.21. The summed E-state index contributed by atoms with van der Waals surface area (Å²) in [6.45, 7) is 7.97. The van der Waals surface area contributed by atoms with Crippen molar-refractivity contribution in [3.05, 3.63) is 93.4 Å². The van der Waals surface area contributed by atoms with Crippen LogP contribution < -0.4 is 4.74 Å². The number of pyridine rings is 1. The Hall–Kier alpha value is -3.42. The number of aromatic nitrogens is 1. The first-order chi connectivity index (χ1) is 18.9. The second-order valence-corrected chi connectivity index (χ2v) is 12.4.